The molecule has 10 nitrogen and oxygen atoms in total. The molecule has 3 aromatic heterocycles. The van der Waals surface area contributed by atoms with Crippen molar-refractivity contribution in [3.63, 3.8) is 0 Å². The quantitative estimate of drug-likeness (QED) is 0.295. The lowest BCUT2D eigenvalue weighted by molar-refractivity contribution is -0.129. The Kier molecular flexibility index (Phi) is 7.67. The minimum atomic E-state index is -0.273. The number of aromatic nitrogens is 4. The largest absolute Gasteiger partial charge is 0.367 e. The number of aryl methyl sites for hydroxylation is 2. The number of aromatic amines is 1. The Morgan fingerprint density at radius 1 is 0.977 bits per heavy atom. The summed E-state index contributed by atoms with van der Waals surface area (Å²) in [5.41, 5.74) is 7.07. The third-order valence-corrected chi connectivity index (χ3v) is 8.49. The number of fused-ring (bicyclic) bond motifs is 2. The second-order valence-electron chi connectivity index (χ2n) is 11.8. The summed E-state index contributed by atoms with van der Waals surface area (Å²) < 4.78 is 1.92. The molecule has 226 valence electrons. The van der Waals surface area contributed by atoms with Crippen molar-refractivity contribution in [2.24, 2.45) is 0 Å². The SMILES string of the molecule is CC(=O)N1CCN(c2ccnc3cc(-c4cc(C(=O)NCc5c(C)cc(C)[nH]c5=O)c5cnn(C(C)C)c5c4)ccc23)CC1. The Bertz CT molecular complexity index is 1970. The van der Waals surface area contributed by atoms with Crippen LogP contribution in [0, 0.1) is 13.8 Å². The molecule has 1 aliphatic heterocycles. The lowest BCUT2D eigenvalue weighted by Gasteiger charge is -2.36. The second-order valence-corrected chi connectivity index (χ2v) is 11.8. The average Bonchev–Trinajstić information content (AvgIpc) is 3.44. The highest BCUT2D eigenvalue weighted by atomic mass is 16.2. The standard InChI is InChI=1S/C34H37N7O3/c1-20(2)41-32-17-25(15-27(29(32)19-37-41)33(43)36-18-28-21(3)14-22(4)38-34(28)44)24-6-7-26-30(16-24)35-9-8-31(26)40-12-10-39(11-13-40)23(5)42/h6-9,14-17,19-20H,10-13,18H2,1-5H3,(H,36,43)(H,38,44). The van der Waals surface area contributed by atoms with E-state index in [-0.39, 0.29) is 30.0 Å². The number of rotatable bonds is 6. The third-order valence-electron chi connectivity index (χ3n) is 8.49. The summed E-state index contributed by atoms with van der Waals surface area (Å²) in [6.45, 7) is 12.5. The summed E-state index contributed by atoms with van der Waals surface area (Å²) in [6.07, 6.45) is 3.56. The first-order chi connectivity index (χ1) is 21.1. The van der Waals surface area contributed by atoms with E-state index in [0.29, 0.717) is 24.2 Å². The molecule has 2 aromatic carbocycles. The molecule has 10 heteroatoms. The number of H-pyrrole nitrogens is 1. The van der Waals surface area contributed by atoms with Crippen LogP contribution >= 0.6 is 0 Å². The van der Waals surface area contributed by atoms with Crippen LogP contribution in [0.25, 0.3) is 32.9 Å². The molecule has 4 heterocycles. The van der Waals surface area contributed by atoms with Gasteiger partial charge in [-0.05, 0) is 74.7 Å². The number of carbonyl (C=O) groups excluding carboxylic acids is 2. The summed E-state index contributed by atoms with van der Waals surface area (Å²) in [5.74, 6) is -0.165. The minimum Gasteiger partial charge on any atom is -0.367 e. The summed E-state index contributed by atoms with van der Waals surface area (Å²) in [5, 5.41) is 9.36. The highest BCUT2D eigenvalue weighted by molar-refractivity contribution is 6.08. The van der Waals surface area contributed by atoms with Gasteiger partial charge in [0, 0.05) is 79.6 Å². The van der Waals surface area contributed by atoms with Crippen LogP contribution in [-0.4, -0.2) is 62.6 Å². The van der Waals surface area contributed by atoms with Crippen molar-refractivity contribution in [2.75, 3.05) is 31.1 Å². The number of amides is 2. The molecule has 6 rings (SSSR count). The molecular weight excluding hydrogens is 554 g/mol. The van der Waals surface area contributed by atoms with Gasteiger partial charge < -0.3 is 20.1 Å². The topological polar surface area (TPSA) is 116 Å². The molecule has 0 atom stereocenters. The third kappa shape index (κ3) is 5.43. The number of pyridine rings is 2. The Labute approximate surface area is 255 Å². The van der Waals surface area contributed by atoms with E-state index in [1.54, 1.807) is 13.1 Å². The first-order valence-electron chi connectivity index (χ1n) is 15.0. The zero-order valence-corrected chi connectivity index (χ0v) is 25.8. The summed E-state index contributed by atoms with van der Waals surface area (Å²) in [6, 6.07) is 14.2. The Morgan fingerprint density at radius 3 is 2.45 bits per heavy atom. The van der Waals surface area contributed by atoms with Gasteiger partial charge in [0.1, 0.15) is 0 Å². The predicted molar refractivity (Wildman–Crippen MR) is 173 cm³/mol. The zero-order chi connectivity index (χ0) is 31.1. The van der Waals surface area contributed by atoms with E-state index >= 15 is 0 Å². The fraction of sp³-hybridized carbons (Fsp3) is 0.324. The predicted octanol–water partition coefficient (Wildman–Crippen LogP) is 4.74. The molecule has 1 aliphatic rings. The van der Waals surface area contributed by atoms with Crippen LogP contribution in [0.1, 0.15) is 54.0 Å². The summed E-state index contributed by atoms with van der Waals surface area (Å²) >= 11 is 0. The molecule has 44 heavy (non-hydrogen) atoms. The van der Waals surface area contributed by atoms with Crippen molar-refractivity contribution in [1.29, 1.82) is 0 Å². The first-order valence-corrected chi connectivity index (χ1v) is 15.0. The van der Waals surface area contributed by atoms with E-state index in [4.69, 9.17) is 0 Å². The van der Waals surface area contributed by atoms with Crippen LogP contribution in [0.2, 0.25) is 0 Å². The first kappa shape index (κ1) is 29.1. The van der Waals surface area contributed by atoms with E-state index in [2.05, 4.69) is 63.4 Å². The van der Waals surface area contributed by atoms with Crippen molar-refractivity contribution in [3.8, 4) is 11.1 Å². The van der Waals surface area contributed by atoms with E-state index in [1.165, 1.54) is 0 Å². The highest BCUT2D eigenvalue weighted by Crippen LogP contribution is 2.33. The van der Waals surface area contributed by atoms with Crippen LogP contribution in [0.15, 0.2) is 59.7 Å². The number of nitrogens with zero attached hydrogens (tertiary/aromatic N) is 5. The lowest BCUT2D eigenvalue weighted by Crippen LogP contribution is -2.48. The number of carbonyl (C=O) groups is 2. The number of nitrogens with one attached hydrogen (secondary N) is 2. The van der Waals surface area contributed by atoms with Gasteiger partial charge in [0.25, 0.3) is 11.5 Å². The average molecular weight is 592 g/mol. The maximum absolute atomic E-state index is 13.7. The number of benzene rings is 2. The van der Waals surface area contributed by atoms with Crippen LogP contribution in [-0.2, 0) is 11.3 Å². The van der Waals surface area contributed by atoms with Gasteiger partial charge in [-0.3, -0.25) is 24.0 Å². The van der Waals surface area contributed by atoms with Gasteiger partial charge in [-0.2, -0.15) is 5.10 Å². The highest BCUT2D eigenvalue weighted by Gasteiger charge is 2.21. The van der Waals surface area contributed by atoms with Crippen molar-refractivity contribution < 1.29 is 9.59 Å². The molecule has 0 bridgehead atoms. The molecule has 0 saturated carbocycles. The van der Waals surface area contributed by atoms with Gasteiger partial charge in [-0.15, -0.1) is 0 Å². The van der Waals surface area contributed by atoms with Crippen LogP contribution in [0.3, 0.4) is 0 Å². The van der Waals surface area contributed by atoms with E-state index in [9.17, 15) is 14.4 Å². The van der Waals surface area contributed by atoms with Gasteiger partial charge >= 0.3 is 0 Å². The molecular formula is C34H37N7O3. The van der Waals surface area contributed by atoms with Crippen molar-refractivity contribution in [3.05, 3.63) is 87.6 Å². The number of piperazine rings is 1. The molecule has 0 aliphatic carbocycles. The van der Waals surface area contributed by atoms with E-state index in [1.807, 2.05) is 47.8 Å². The van der Waals surface area contributed by atoms with Gasteiger partial charge in [0.05, 0.1) is 22.8 Å². The number of hydrogen-bond acceptors (Lipinski definition) is 6. The van der Waals surface area contributed by atoms with Crippen LogP contribution in [0.4, 0.5) is 5.69 Å². The second kappa shape index (κ2) is 11.6. The smallest absolute Gasteiger partial charge is 0.253 e. The van der Waals surface area contributed by atoms with Gasteiger partial charge in [-0.1, -0.05) is 12.1 Å². The molecule has 2 amide bonds. The number of anilines is 1. The van der Waals surface area contributed by atoms with Gasteiger partial charge in [-0.25, -0.2) is 0 Å². The minimum absolute atomic E-state index is 0.0942. The summed E-state index contributed by atoms with van der Waals surface area (Å²) in [7, 11) is 0. The van der Waals surface area contributed by atoms with Gasteiger partial charge in [0.15, 0.2) is 0 Å². The molecule has 0 unspecified atom stereocenters. The van der Waals surface area contributed by atoms with Crippen molar-refractivity contribution >= 4 is 39.3 Å². The van der Waals surface area contributed by atoms with E-state index < -0.39 is 0 Å². The Balaban J connectivity index is 1.36. The molecule has 1 fully saturated rings. The fourth-order valence-electron chi connectivity index (χ4n) is 6.13. The maximum Gasteiger partial charge on any atom is 0.253 e. The number of hydrogen-bond donors (Lipinski definition) is 2. The van der Waals surface area contributed by atoms with Gasteiger partial charge in [0.2, 0.25) is 5.91 Å². The van der Waals surface area contributed by atoms with Crippen molar-refractivity contribution in [2.45, 2.75) is 47.2 Å². The van der Waals surface area contributed by atoms with Crippen molar-refractivity contribution in [1.82, 2.24) is 30.0 Å². The molecule has 1 saturated heterocycles. The molecule has 0 radical (unpaired) electrons. The van der Waals surface area contributed by atoms with E-state index in [0.717, 1.165) is 63.0 Å². The zero-order valence-electron chi connectivity index (χ0n) is 25.8. The normalized spacial score (nSPS) is 13.7. The Morgan fingerprint density at radius 2 is 1.75 bits per heavy atom. The maximum atomic E-state index is 13.7. The molecule has 5 aromatic rings. The van der Waals surface area contributed by atoms with Crippen LogP contribution in [0.5, 0.6) is 0 Å². The fourth-order valence-corrected chi connectivity index (χ4v) is 6.13. The lowest BCUT2D eigenvalue weighted by atomic mass is 9.98. The Hall–Kier alpha value is -4.99. The van der Waals surface area contributed by atoms with Crippen LogP contribution < -0.4 is 15.8 Å². The monoisotopic (exact) mass is 591 g/mol. The summed E-state index contributed by atoms with van der Waals surface area (Å²) in [4.78, 5) is 49.7. The molecule has 0 spiro atoms. The molecule has 2 N–H and O–H groups in total.